The van der Waals surface area contributed by atoms with Gasteiger partial charge in [0.1, 0.15) is 16.7 Å². The first-order valence-electron chi connectivity index (χ1n) is 9.82. The van der Waals surface area contributed by atoms with E-state index >= 15 is 0 Å². The molecule has 1 amide bonds. The third kappa shape index (κ3) is 4.26. The van der Waals surface area contributed by atoms with E-state index in [0.29, 0.717) is 16.2 Å². The summed E-state index contributed by atoms with van der Waals surface area (Å²) >= 11 is 7.53. The number of nitrogens with zero attached hydrogens (tertiary/aromatic N) is 4. The SMILES string of the molecule is Cc1sc2ncn(CCC(=O)N[C@H](c3ccc(Cl)cc3)c3nccn3C)c(=O)c2c1C. The van der Waals surface area contributed by atoms with Crippen LogP contribution in [0.25, 0.3) is 10.2 Å². The highest BCUT2D eigenvalue weighted by Gasteiger charge is 2.21. The summed E-state index contributed by atoms with van der Waals surface area (Å²) in [4.78, 5) is 36.3. The van der Waals surface area contributed by atoms with Gasteiger partial charge in [0.25, 0.3) is 5.56 Å². The van der Waals surface area contributed by atoms with E-state index in [-0.39, 0.29) is 24.4 Å². The molecule has 160 valence electrons. The maximum absolute atomic E-state index is 12.9. The number of halogens is 1. The van der Waals surface area contributed by atoms with Gasteiger partial charge in [0.2, 0.25) is 5.91 Å². The van der Waals surface area contributed by atoms with Crippen LogP contribution < -0.4 is 10.9 Å². The summed E-state index contributed by atoms with van der Waals surface area (Å²) in [5.41, 5.74) is 1.71. The Labute approximate surface area is 188 Å². The Morgan fingerprint density at radius 2 is 1.97 bits per heavy atom. The fourth-order valence-corrected chi connectivity index (χ4v) is 4.61. The number of fused-ring (bicyclic) bond motifs is 1. The van der Waals surface area contributed by atoms with E-state index in [1.807, 2.05) is 43.8 Å². The molecule has 4 aromatic rings. The minimum atomic E-state index is -0.427. The smallest absolute Gasteiger partial charge is 0.262 e. The summed E-state index contributed by atoms with van der Waals surface area (Å²) in [7, 11) is 1.88. The molecule has 1 aromatic carbocycles. The van der Waals surface area contributed by atoms with Crippen molar-refractivity contribution >= 4 is 39.1 Å². The topological polar surface area (TPSA) is 81.8 Å². The number of hydrogen-bond acceptors (Lipinski definition) is 5. The molecule has 7 nitrogen and oxygen atoms in total. The lowest BCUT2D eigenvalue weighted by molar-refractivity contribution is -0.121. The predicted octanol–water partition coefficient (Wildman–Crippen LogP) is 3.76. The quantitative estimate of drug-likeness (QED) is 0.480. The monoisotopic (exact) mass is 455 g/mol. The van der Waals surface area contributed by atoms with Gasteiger partial charge in [0, 0.05) is 42.3 Å². The van der Waals surface area contributed by atoms with Crippen LogP contribution in [-0.4, -0.2) is 25.0 Å². The van der Waals surface area contributed by atoms with E-state index in [1.54, 1.807) is 18.3 Å². The normalized spacial score (nSPS) is 12.3. The van der Waals surface area contributed by atoms with Crippen LogP contribution in [-0.2, 0) is 18.4 Å². The maximum Gasteiger partial charge on any atom is 0.262 e. The summed E-state index contributed by atoms with van der Waals surface area (Å²) in [5, 5.41) is 4.30. The van der Waals surface area contributed by atoms with Crippen molar-refractivity contribution in [3.63, 3.8) is 0 Å². The van der Waals surface area contributed by atoms with Crippen LogP contribution in [0.1, 0.15) is 34.3 Å². The molecule has 0 aliphatic heterocycles. The average Bonchev–Trinajstić information content (AvgIpc) is 3.29. The number of hydrogen-bond donors (Lipinski definition) is 1. The van der Waals surface area contributed by atoms with Gasteiger partial charge in [-0.3, -0.25) is 14.2 Å². The van der Waals surface area contributed by atoms with Crippen LogP contribution in [0.3, 0.4) is 0 Å². The van der Waals surface area contributed by atoms with Gasteiger partial charge in [0.05, 0.1) is 11.7 Å². The molecule has 0 saturated heterocycles. The van der Waals surface area contributed by atoms with Gasteiger partial charge < -0.3 is 9.88 Å². The van der Waals surface area contributed by atoms with Gasteiger partial charge in [0.15, 0.2) is 0 Å². The summed E-state index contributed by atoms with van der Waals surface area (Å²) in [6, 6.07) is 6.87. The Morgan fingerprint density at radius 1 is 1.23 bits per heavy atom. The van der Waals surface area contributed by atoms with Crippen LogP contribution in [0.5, 0.6) is 0 Å². The van der Waals surface area contributed by atoms with Crippen LogP contribution in [0.4, 0.5) is 0 Å². The first-order chi connectivity index (χ1) is 14.8. The molecule has 0 aliphatic rings. The van der Waals surface area contributed by atoms with Crippen molar-refractivity contribution in [1.29, 1.82) is 0 Å². The third-order valence-corrected chi connectivity index (χ3v) is 6.73. The zero-order valence-electron chi connectivity index (χ0n) is 17.4. The maximum atomic E-state index is 12.9. The summed E-state index contributed by atoms with van der Waals surface area (Å²) in [6.45, 7) is 4.15. The Kier molecular flexibility index (Phi) is 5.93. The van der Waals surface area contributed by atoms with Crippen LogP contribution in [0.15, 0.2) is 47.8 Å². The standard InChI is InChI=1S/C22H22ClN5O2S/c1-13-14(2)31-21-18(13)22(30)28(12-25-21)10-8-17(29)26-19(20-24-9-11-27(20)3)15-4-6-16(23)7-5-15/h4-7,9,11-12,19H,8,10H2,1-3H3,(H,26,29)/t19-/m1/s1. The number of rotatable bonds is 6. The first-order valence-corrected chi connectivity index (χ1v) is 11.0. The van der Waals surface area contributed by atoms with Crippen molar-refractivity contribution < 1.29 is 4.79 Å². The van der Waals surface area contributed by atoms with E-state index < -0.39 is 6.04 Å². The zero-order valence-corrected chi connectivity index (χ0v) is 19.0. The number of nitrogens with one attached hydrogen (secondary N) is 1. The van der Waals surface area contributed by atoms with Crippen molar-refractivity contribution in [3.8, 4) is 0 Å². The fourth-order valence-electron chi connectivity index (χ4n) is 3.49. The third-order valence-electron chi connectivity index (χ3n) is 5.36. The Hall–Kier alpha value is -2.97. The predicted molar refractivity (Wildman–Crippen MR) is 123 cm³/mol. The number of aromatic nitrogens is 4. The molecule has 0 bridgehead atoms. The molecule has 1 N–H and O–H groups in total. The average molecular weight is 456 g/mol. The van der Waals surface area contributed by atoms with Gasteiger partial charge in [-0.25, -0.2) is 9.97 Å². The first kappa shape index (κ1) is 21.3. The largest absolute Gasteiger partial charge is 0.342 e. The molecule has 0 saturated carbocycles. The Balaban J connectivity index is 1.53. The number of benzene rings is 1. The second-order valence-corrected chi connectivity index (χ2v) is 9.04. The van der Waals surface area contributed by atoms with Crippen LogP contribution in [0, 0.1) is 13.8 Å². The number of imidazole rings is 1. The highest BCUT2D eigenvalue weighted by Crippen LogP contribution is 2.25. The highest BCUT2D eigenvalue weighted by atomic mass is 35.5. The van der Waals surface area contributed by atoms with Gasteiger partial charge in [-0.15, -0.1) is 11.3 Å². The number of aryl methyl sites for hydroxylation is 4. The molecule has 0 unspecified atom stereocenters. The van der Waals surface area contributed by atoms with Crippen molar-refractivity contribution in [2.45, 2.75) is 32.9 Å². The van der Waals surface area contributed by atoms with Crippen molar-refractivity contribution in [3.05, 3.63) is 80.2 Å². The van der Waals surface area contributed by atoms with E-state index in [4.69, 9.17) is 11.6 Å². The van der Waals surface area contributed by atoms with Crippen LogP contribution >= 0.6 is 22.9 Å². The molecule has 1 atom stereocenters. The molecule has 31 heavy (non-hydrogen) atoms. The van der Waals surface area contributed by atoms with Gasteiger partial charge in [-0.1, -0.05) is 23.7 Å². The lowest BCUT2D eigenvalue weighted by atomic mass is 10.1. The van der Waals surface area contributed by atoms with Crippen molar-refractivity contribution in [2.75, 3.05) is 0 Å². The molecule has 3 aromatic heterocycles. The fraction of sp³-hybridized carbons (Fsp3) is 0.273. The lowest BCUT2D eigenvalue weighted by Gasteiger charge is -2.19. The lowest BCUT2D eigenvalue weighted by Crippen LogP contribution is -2.32. The highest BCUT2D eigenvalue weighted by molar-refractivity contribution is 7.18. The summed E-state index contributed by atoms with van der Waals surface area (Å²) in [6.07, 6.45) is 5.18. The van der Waals surface area contributed by atoms with Crippen molar-refractivity contribution in [2.24, 2.45) is 7.05 Å². The molecular weight excluding hydrogens is 434 g/mol. The number of amides is 1. The van der Waals surface area contributed by atoms with Gasteiger partial charge in [-0.05, 0) is 37.1 Å². The van der Waals surface area contributed by atoms with E-state index in [9.17, 15) is 9.59 Å². The summed E-state index contributed by atoms with van der Waals surface area (Å²) in [5.74, 6) is 0.522. The number of thiophene rings is 1. The van der Waals surface area contributed by atoms with Gasteiger partial charge >= 0.3 is 0 Å². The van der Waals surface area contributed by atoms with Crippen LogP contribution in [0.2, 0.25) is 5.02 Å². The minimum Gasteiger partial charge on any atom is -0.342 e. The zero-order chi connectivity index (χ0) is 22.1. The van der Waals surface area contributed by atoms with E-state index in [0.717, 1.165) is 20.8 Å². The minimum absolute atomic E-state index is 0.113. The van der Waals surface area contributed by atoms with Gasteiger partial charge in [-0.2, -0.15) is 0 Å². The van der Waals surface area contributed by atoms with E-state index in [1.165, 1.54) is 22.2 Å². The van der Waals surface area contributed by atoms with Crippen molar-refractivity contribution in [1.82, 2.24) is 24.4 Å². The molecule has 0 aliphatic carbocycles. The Bertz CT molecular complexity index is 1310. The molecule has 4 rings (SSSR count). The molecule has 3 heterocycles. The number of carbonyl (C=O) groups is 1. The molecule has 9 heteroatoms. The Morgan fingerprint density at radius 3 is 2.65 bits per heavy atom. The van der Waals surface area contributed by atoms with E-state index in [2.05, 4.69) is 15.3 Å². The molecule has 0 fully saturated rings. The number of carbonyl (C=O) groups excluding carboxylic acids is 1. The summed E-state index contributed by atoms with van der Waals surface area (Å²) < 4.78 is 3.36. The molecule has 0 radical (unpaired) electrons. The second-order valence-electron chi connectivity index (χ2n) is 7.40. The molecular formula is C22H22ClN5O2S. The molecule has 0 spiro atoms. The second kappa shape index (κ2) is 8.64.